The van der Waals surface area contributed by atoms with Crippen LogP contribution in [0, 0.1) is 5.92 Å². The van der Waals surface area contributed by atoms with E-state index in [1.165, 1.54) is 4.31 Å². The zero-order chi connectivity index (χ0) is 12.8. The van der Waals surface area contributed by atoms with Gasteiger partial charge in [-0.25, -0.2) is 0 Å². The van der Waals surface area contributed by atoms with Crippen molar-refractivity contribution in [1.82, 2.24) is 9.03 Å². The summed E-state index contributed by atoms with van der Waals surface area (Å²) in [7, 11) is -1.78. The highest BCUT2D eigenvalue weighted by Crippen LogP contribution is 2.06. The molecule has 0 spiro atoms. The molecule has 0 aromatic heterocycles. The van der Waals surface area contributed by atoms with Crippen LogP contribution >= 0.6 is 0 Å². The van der Waals surface area contributed by atoms with E-state index in [-0.39, 0.29) is 6.04 Å². The molecule has 0 fully saturated rings. The van der Waals surface area contributed by atoms with Crippen molar-refractivity contribution in [2.24, 2.45) is 11.7 Å². The quantitative estimate of drug-likeness (QED) is 0.661. The van der Waals surface area contributed by atoms with Crippen LogP contribution in [0.5, 0.6) is 0 Å². The standard InChI is InChI=1S/C10H25N3O2S/c1-9(2)8-10(3)12-16(14,15)13(4)7-5-6-11/h9-10,12H,5-8,11H2,1-4H3. The summed E-state index contributed by atoms with van der Waals surface area (Å²) < 4.78 is 27.6. The highest BCUT2D eigenvalue weighted by molar-refractivity contribution is 7.87. The van der Waals surface area contributed by atoms with Gasteiger partial charge in [-0.3, -0.25) is 0 Å². The minimum absolute atomic E-state index is 0.0367. The lowest BCUT2D eigenvalue weighted by molar-refractivity contribution is 0.428. The zero-order valence-electron chi connectivity index (χ0n) is 10.7. The van der Waals surface area contributed by atoms with Crippen molar-refractivity contribution in [1.29, 1.82) is 0 Å². The molecule has 0 aromatic carbocycles. The lowest BCUT2D eigenvalue weighted by Crippen LogP contribution is -2.43. The van der Waals surface area contributed by atoms with Gasteiger partial charge in [0, 0.05) is 19.6 Å². The van der Waals surface area contributed by atoms with Gasteiger partial charge in [-0.1, -0.05) is 13.8 Å². The molecule has 0 heterocycles. The van der Waals surface area contributed by atoms with E-state index in [2.05, 4.69) is 18.6 Å². The van der Waals surface area contributed by atoms with Crippen LogP contribution in [0.1, 0.15) is 33.6 Å². The molecule has 3 N–H and O–H groups in total. The van der Waals surface area contributed by atoms with Gasteiger partial charge < -0.3 is 5.73 Å². The van der Waals surface area contributed by atoms with Crippen LogP contribution in [-0.4, -0.2) is 38.9 Å². The van der Waals surface area contributed by atoms with Gasteiger partial charge >= 0.3 is 0 Å². The van der Waals surface area contributed by atoms with Crippen molar-refractivity contribution in [3.8, 4) is 0 Å². The summed E-state index contributed by atoms with van der Waals surface area (Å²) in [6.07, 6.45) is 1.51. The molecule has 0 saturated carbocycles. The van der Waals surface area contributed by atoms with Gasteiger partial charge in [0.2, 0.25) is 0 Å². The second-order valence-corrected chi connectivity index (χ2v) is 6.43. The molecule has 98 valence electrons. The highest BCUT2D eigenvalue weighted by atomic mass is 32.2. The Kier molecular flexibility index (Phi) is 7.14. The Labute approximate surface area is 99.6 Å². The maximum absolute atomic E-state index is 11.8. The summed E-state index contributed by atoms with van der Waals surface area (Å²) in [6, 6.07) is -0.0367. The largest absolute Gasteiger partial charge is 0.330 e. The van der Waals surface area contributed by atoms with E-state index in [0.29, 0.717) is 25.4 Å². The molecule has 0 bridgehead atoms. The minimum Gasteiger partial charge on any atom is -0.330 e. The zero-order valence-corrected chi connectivity index (χ0v) is 11.5. The fourth-order valence-corrected chi connectivity index (χ4v) is 2.69. The Morgan fingerprint density at radius 2 is 1.88 bits per heavy atom. The van der Waals surface area contributed by atoms with Crippen LogP contribution in [-0.2, 0) is 10.2 Å². The number of rotatable bonds is 8. The van der Waals surface area contributed by atoms with Gasteiger partial charge in [0.1, 0.15) is 0 Å². The Bertz CT molecular complexity index is 278. The Hall–Kier alpha value is -0.170. The summed E-state index contributed by atoms with van der Waals surface area (Å²) in [5, 5.41) is 0. The van der Waals surface area contributed by atoms with Crippen LogP contribution in [0.3, 0.4) is 0 Å². The molecule has 1 unspecified atom stereocenters. The Balaban J connectivity index is 4.22. The van der Waals surface area contributed by atoms with Crippen molar-refractivity contribution in [3.05, 3.63) is 0 Å². The first-order valence-electron chi connectivity index (χ1n) is 5.73. The first kappa shape index (κ1) is 15.8. The number of hydrogen-bond acceptors (Lipinski definition) is 3. The van der Waals surface area contributed by atoms with E-state index < -0.39 is 10.2 Å². The molecule has 0 aliphatic carbocycles. The third kappa shape index (κ3) is 6.42. The smallest absolute Gasteiger partial charge is 0.279 e. The third-order valence-corrected chi connectivity index (χ3v) is 3.97. The maximum atomic E-state index is 11.8. The van der Waals surface area contributed by atoms with Crippen LogP contribution in [0.15, 0.2) is 0 Å². The molecule has 0 aromatic rings. The van der Waals surface area contributed by atoms with Gasteiger partial charge in [0.25, 0.3) is 10.2 Å². The summed E-state index contributed by atoms with van der Waals surface area (Å²) in [6.45, 7) is 6.99. The third-order valence-electron chi connectivity index (χ3n) is 2.26. The molecule has 0 aliphatic heterocycles. The second-order valence-electron chi connectivity index (χ2n) is 4.62. The molecule has 0 saturated heterocycles. The van der Waals surface area contributed by atoms with Gasteiger partial charge in [0.05, 0.1) is 0 Å². The van der Waals surface area contributed by atoms with Gasteiger partial charge in [-0.2, -0.15) is 17.4 Å². The van der Waals surface area contributed by atoms with Crippen LogP contribution in [0.2, 0.25) is 0 Å². The molecule has 0 aliphatic rings. The summed E-state index contributed by atoms with van der Waals surface area (Å²) in [4.78, 5) is 0. The first-order valence-corrected chi connectivity index (χ1v) is 7.17. The van der Waals surface area contributed by atoms with Gasteiger partial charge in [-0.15, -0.1) is 0 Å². The van der Waals surface area contributed by atoms with E-state index in [1.807, 2.05) is 6.92 Å². The molecule has 16 heavy (non-hydrogen) atoms. The van der Waals surface area contributed by atoms with E-state index in [9.17, 15) is 8.42 Å². The van der Waals surface area contributed by atoms with Crippen LogP contribution in [0.25, 0.3) is 0 Å². The predicted octanol–water partition coefficient (Wildman–Crippen LogP) is 0.536. The molecule has 5 nitrogen and oxygen atoms in total. The number of nitrogens with two attached hydrogens (primary N) is 1. The van der Waals surface area contributed by atoms with Crippen molar-refractivity contribution < 1.29 is 8.42 Å². The molecule has 0 rings (SSSR count). The molecular weight excluding hydrogens is 226 g/mol. The lowest BCUT2D eigenvalue weighted by atomic mass is 10.1. The number of hydrogen-bond donors (Lipinski definition) is 2. The average molecular weight is 251 g/mol. The highest BCUT2D eigenvalue weighted by Gasteiger charge is 2.19. The maximum Gasteiger partial charge on any atom is 0.279 e. The summed E-state index contributed by atoms with van der Waals surface area (Å²) >= 11 is 0. The van der Waals surface area contributed by atoms with Crippen LogP contribution in [0.4, 0.5) is 0 Å². The van der Waals surface area contributed by atoms with Crippen molar-refractivity contribution in [2.75, 3.05) is 20.1 Å². The second kappa shape index (κ2) is 7.21. The Morgan fingerprint density at radius 1 is 1.31 bits per heavy atom. The number of nitrogens with zero attached hydrogens (tertiary/aromatic N) is 1. The first-order chi connectivity index (χ1) is 7.29. The van der Waals surface area contributed by atoms with Crippen molar-refractivity contribution >= 4 is 10.2 Å². The molecule has 0 amide bonds. The summed E-state index contributed by atoms with van der Waals surface area (Å²) in [5.41, 5.74) is 5.35. The normalized spacial score (nSPS) is 14.7. The summed E-state index contributed by atoms with van der Waals surface area (Å²) in [5.74, 6) is 0.479. The van der Waals surface area contributed by atoms with Crippen molar-refractivity contribution in [2.45, 2.75) is 39.7 Å². The fraction of sp³-hybridized carbons (Fsp3) is 1.00. The fourth-order valence-electron chi connectivity index (χ4n) is 1.53. The van der Waals surface area contributed by atoms with E-state index in [0.717, 1.165) is 6.42 Å². The van der Waals surface area contributed by atoms with Crippen LogP contribution < -0.4 is 10.5 Å². The Morgan fingerprint density at radius 3 is 2.31 bits per heavy atom. The minimum atomic E-state index is -3.35. The number of nitrogens with one attached hydrogen (secondary N) is 1. The molecule has 6 heteroatoms. The van der Waals surface area contributed by atoms with Gasteiger partial charge in [-0.05, 0) is 32.2 Å². The molecular formula is C10H25N3O2S. The molecule has 0 radical (unpaired) electrons. The monoisotopic (exact) mass is 251 g/mol. The van der Waals surface area contributed by atoms with Gasteiger partial charge in [0.15, 0.2) is 0 Å². The molecule has 1 atom stereocenters. The lowest BCUT2D eigenvalue weighted by Gasteiger charge is -2.21. The van der Waals surface area contributed by atoms with Crippen molar-refractivity contribution in [3.63, 3.8) is 0 Å². The average Bonchev–Trinajstić information content (AvgIpc) is 2.11. The topological polar surface area (TPSA) is 75.4 Å². The van der Waals surface area contributed by atoms with E-state index >= 15 is 0 Å². The van der Waals surface area contributed by atoms with E-state index in [4.69, 9.17) is 5.73 Å². The predicted molar refractivity (Wildman–Crippen MR) is 67.3 cm³/mol. The van der Waals surface area contributed by atoms with E-state index in [1.54, 1.807) is 7.05 Å². The SMILES string of the molecule is CC(C)CC(C)NS(=O)(=O)N(C)CCCN.